The van der Waals surface area contributed by atoms with E-state index < -0.39 is 0 Å². The van der Waals surface area contributed by atoms with E-state index in [4.69, 9.17) is 5.10 Å². The van der Waals surface area contributed by atoms with E-state index in [-0.39, 0.29) is 5.91 Å². The number of hydrogen-bond donors (Lipinski definition) is 2. The number of rotatable bonds is 4. The van der Waals surface area contributed by atoms with Crippen LogP contribution in [0.15, 0.2) is 72.4 Å². The highest BCUT2D eigenvalue weighted by molar-refractivity contribution is 6.04. The van der Waals surface area contributed by atoms with Crippen molar-refractivity contribution in [2.45, 2.75) is 19.8 Å². The maximum atomic E-state index is 11.3. The van der Waals surface area contributed by atoms with Gasteiger partial charge in [-0.05, 0) is 48.2 Å². The summed E-state index contributed by atoms with van der Waals surface area (Å²) in [5, 5.41) is 20.2. The van der Waals surface area contributed by atoms with E-state index in [0.29, 0.717) is 11.5 Å². The highest BCUT2D eigenvalue weighted by atomic mass is 16.4. The number of carbonyl (C=O) groups is 1. The molecule has 0 aliphatic heterocycles. The predicted octanol–water partition coefficient (Wildman–Crippen LogP) is 4.08. The highest BCUT2D eigenvalue weighted by Crippen LogP contribution is 2.34. The van der Waals surface area contributed by atoms with Gasteiger partial charge in [0.2, 0.25) is 5.91 Å². The van der Waals surface area contributed by atoms with Crippen molar-refractivity contribution < 1.29 is 10.0 Å². The average molecular weight is 424 g/mol. The lowest BCUT2D eigenvalue weighted by atomic mass is 9.98. The molecule has 1 aliphatic carbocycles. The highest BCUT2D eigenvalue weighted by Gasteiger charge is 2.21. The molecule has 8 nitrogen and oxygen atoms in total. The fourth-order valence-electron chi connectivity index (χ4n) is 3.97. The van der Waals surface area contributed by atoms with Crippen LogP contribution in [0.25, 0.3) is 28.2 Å². The van der Waals surface area contributed by atoms with Crippen molar-refractivity contribution in [1.29, 1.82) is 0 Å². The lowest BCUT2D eigenvalue weighted by Gasteiger charge is -2.05. The molecule has 0 bridgehead atoms. The normalized spacial score (nSPS) is 13.8. The Balaban J connectivity index is 1.59. The summed E-state index contributed by atoms with van der Waals surface area (Å²) in [6.45, 7) is 1.46. The number of aryl methyl sites for hydroxylation is 1. The number of oxime groups is 1. The molecule has 1 amide bonds. The molecule has 4 aromatic rings. The number of anilines is 1. The fourth-order valence-corrected chi connectivity index (χ4v) is 3.97. The molecule has 0 spiro atoms. The molecule has 0 fully saturated rings. The third-order valence-electron chi connectivity index (χ3n) is 5.45. The maximum Gasteiger partial charge on any atom is 0.221 e. The zero-order chi connectivity index (χ0) is 22.1. The van der Waals surface area contributed by atoms with Crippen LogP contribution in [-0.4, -0.2) is 36.6 Å². The van der Waals surface area contributed by atoms with E-state index in [0.717, 1.165) is 52.1 Å². The van der Waals surface area contributed by atoms with Gasteiger partial charge in [-0.3, -0.25) is 9.78 Å². The zero-order valence-corrected chi connectivity index (χ0v) is 17.4. The molecule has 3 aromatic heterocycles. The van der Waals surface area contributed by atoms with Crippen LogP contribution in [0.4, 0.5) is 5.69 Å². The smallest absolute Gasteiger partial charge is 0.221 e. The van der Waals surface area contributed by atoms with Crippen molar-refractivity contribution in [3.8, 4) is 28.2 Å². The molecule has 0 radical (unpaired) electrons. The summed E-state index contributed by atoms with van der Waals surface area (Å²) < 4.78 is 1.73. The minimum atomic E-state index is -0.146. The lowest BCUT2D eigenvalue weighted by molar-refractivity contribution is -0.114. The average Bonchev–Trinajstić information content (AvgIpc) is 3.44. The largest absolute Gasteiger partial charge is 0.411 e. The molecule has 5 rings (SSSR count). The number of amides is 1. The second-order valence-corrected chi connectivity index (χ2v) is 7.58. The Hall–Kier alpha value is -4.33. The predicted molar refractivity (Wildman–Crippen MR) is 121 cm³/mol. The van der Waals surface area contributed by atoms with Gasteiger partial charge in [0.15, 0.2) is 5.82 Å². The molecule has 2 N–H and O–H groups in total. The van der Waals surface area contributed by atoms with Crippen LogP contribution < -0.4 is 5.32 Å². The molecule has 0 unspecified atom stereocenters. The van der Waals surface area contributed by atoms with Gasteiger partial charge >= 0.3 is 0 Å². The number of fused-ring (bicyclic) bond motifs is 1. The third-order valence-corrected chi connectivity index (χ3v) is 5.45. The molecule has 8 heteroatoms. The van der Waals surface area contributed by atoms with Gasteiger partial charge in [-0.2, -0.15) is 5.10 Å². The van der Waals surface area contributed by atoms with E-state index in [2.05, 4.69) is 26.5 Å². The van der Waals surface area contributed by atoms with Crippen molar-refractivity contribution in [3.05, 3.63) is 78.4 Å². The summed E-state index contributed by atoms with van der Waals surface area (Å²) in [6, 6.07) is 13.6. The molecule has 0 saturated heterocycles. The maximum absolute atomic E-state index is 11.3. The van der Waals surface area contributed by atoms with Crippen LogP contribution in [-0.2, 0) is 11.2 Å². The third kappa shape index (κ3) is 3.62. The molecule has 0 atom stereocenters. The van der Waals surface area contributed by atoms with Gasteiger partial charge in [0.25, 0.3) is 0 Å². The van der Waals surface area contributed by atoms with Crippen LogP contribution in [0.2, 0.25) is 0 Å². The Morgan fingerprint density at radius 1 is 1.06 bits per heavy atom. The molecule has 1 aromatic carbocycles. The minimum Gasteiger partial charge on any atom is -0.411 e. The Morgan fingerprint density at radius 2 is 1.91 bits per heavy atom. The molecule has 32 heavy (non-hydrogen) atoms. The number of hydrogen-bond acceptors (Lipinski definition) is 6. The van der Waals surface area contributed by atoms with Gasteiger partial charge in [0.1, 0.15) is 5.69 Å². The van der Waals surface area contributed by atoms with E-state index in [1.807, 2.05) is 36.5 Å². The Bertz CT molecular complexity index is 1330. The molecular weight excluding hydrogens is 404 g/mol. The van der Waals surface area contributed by atoms with Crippen molar-refractivity contribution in [1.82, 2.24) is 19.7 Å². The van der Waals surface area contributed by atoms with Gasteiger partial charge in [-0.1, -0.05) is 23.4 Å². The number of carbonyl (C=O) groups excluding carboxylic acids is 1. The summed E-state index contributed by atoms with van der Waals surface area (Å²) >= 11 is 0. The van der Waals surface area contributed by atoms with Crippen LogP contribution in [0.3, 0.4) is 0 Å². The Kier molecular flexibility index (Phi) is 4.95. The van der Waals surface area contributed by atoms with Gasteiger partial charge in [0.05, 0.1) is 17.6 Å². The van der Waals surface area contributed by atoms with Gasteiger partial charge < -0.3 is 10.5 Å². The van der Waals surface area contributed by atoms with E-state index in [1.165, 1.54) is 6.92 Å². The minimum absolute atomic E-state index is 0.146. The van der Waals surface area contributed by atoms with E-state index in [1.54, 1.807) is 29.3 Å². The SMILES string of the molecule is CC(=O)Nc1ccc(-n2cc(-c3ccc4c(c3)CCC4=NO)c(-c3ccncc3)n2)nc1. The standard InChI is InChI=1S/C24H20N6O2/c1-15(31)27-19-4-7-23(26-13-19)30-14-21(24(28-30)16-8-10-25-11-9-16)18-2-5-20-17(12-18)3-6-22(20)29-32/h2,4-5,7-14,32H,3,6H2,1H3,(H,27,31). The topological polar surface area (TPSA) is 105 Å². The first-order valence-electron chi connectivity index (χ1n) is 10.2. The summed E-state index contributed by atoms with van der Waals surface area (Å²) in [5.41, 5.74) is 7.24. The van der Waals surface area contributed by atoms with Crippen LogP contribution in [0.1, 0.15) is 24.5 Å². The fraction of sp³-hybridized carbons (Fsp3) is 0.125. The first kappa shape index (κ1) is 19.6. The van der Waals surface area contributed by atoms with Gasteiger partial charge in [-0.25, -0.2) is 9.67 Å². The van der Waals surface area contributed by atoms with Crippen molar-refractivity contribution in [2.75, 3.05) is 5.32 Å². The van der Waals surface area contributed by atoms with E-state index in [9.17, 15) is 10.0 Å². The Labute approximate surface area is 184 Å². The number of pyridine rings is 2. The van der Waals surface area contributed by atoms with Crippen LogP contribution >= 0.6 is 0 Å². The molecule has 158 valence electrons. The second kappa shape index (κ2) is 8.07. The molecule has 0 saturated carbocycles. The summed E-state index contributed by atoms with van der Waals surface area (Å²) in [7, 11) is 0. The summed E-state index contributed by atoms with van der Waals surface area (Å²) in [5.74, 6) is 0.489. The van der Waals surface area contributed by atoms with Crippen molar-refractivity contribution in [2.24, 2.45) is 5.16 Å². The molecule has 3 heterocycles. The number of aromatic nitrogens is 4. The van der Waals surface area contributed by atoms with Crippen molar-refractivity contribution >= 4 is 17.3 Å². The van der Waals surface area contributed by atoms with E-state index >= 15 is 0 Å². The lowest BCUT2D eigenvalue weighted by Crippen LogP contribution is -2.06. The van der Waals surface area contributed by atoms with Crippen LogP contribution in [0, 0.1) is 0 Å². The first-order chi connectivity index (χ1) is 15.6. The molecular formula is C24H20N6O2. The van der Waals surface area contributed by atoms with Gasteiger partial charge in [-0.15, -0.1) is 0 Å². The first-order valence-corrected chi connectivity index (χ1v) is 10.2. The molecule has 1 aliphatic rings. The zero-order valence-electron chi connectivity index (χ0n) is 17.4. The Morgan fingerprint density at radius 3 is 2.62 bits per heavy atom. The number of nitrogens with one attached hydrogen (secondary N) is 1. The van der Waals surface area contributed by atoms with Gasteiger partial charge in [0, 0.05) is 42.2 Å². The van der Waals surface area contributed by atoms with Crippen molar-refractivity contribution in [3.63, 3.8) is 0 Å². The second-order valence-electron chi connectivity index (χ2n) is 7.58. The monoisotopic (exact) mass is 424 g/mol. The quantitative estimate of drug-likeness (QED) is 0.379. The number of nitrogens with zero attached hydrogens (tertiary/aromatic N) is 5. The summed E-state index contributed by atoms with van der Waals surface area (Å²) in [4.78, 5) is 19.8. The summed E-state index contributed by atoms with van der Waals surface area (Å²) in [6.07, 6.45) is 8.61. The van der Waals surface area contributed by atoms with Crippen LogP contribution in [0.5, 0.6) is 0 Å². The number of benzene rings is 1.